The van der Waals surface area contributed by atoms with Gasteiger partial charge >= 0.3 is 5.69 Å². The first kappa shape index (κ1) is 9.64. The van der Waals surface area contributed by atoms with Crippen molar-refractivity contribution in [3.05, 3.63) is 39.3 Å². The van der Waals surface area contributed by atoms with Crippen LogP contribution in [0.5, 0.6) is 0 Å². The number of nitrogens with one attached hydrogen (secondary N) is 1. The number of pyridine rings is 1. The predicted molar refractivity (Wildman–Crippen MR) is 57.0 cm³/mol. The second-order valence-electron chi connectivity index (χ2n) is 3.62. The highest BCUT2D eigenvalue weighted by Crippen LogP contribution is 2.03. The molecule has 0 radical (unpaired) electrons. The van der Waals surface area contributed by atoms with Gasteiger partial charge in [-0.3, -0.25) is 14.3 Å². The Balaban J connectivity index is 2.97. The smallest absolute Gasteiger partial charge is 0.307 e. The summed E-state index contributed by atoms with van der Waals surface area (Å²) in [6.07, 6.45) is 3.00. The minimum absolute atomic E-state index is 0.161. The number of rotatable bonds is 1. The third-order valence-corrected chi connectivity index (χ3v) is 2.25. The van der Waals surface area contributed by atoms with E-state index >= 15 is 0 Å². The summed E-state index contributed by atoms with van der Waals surface area (Å²) in [5.74, 6) is 0. The van der Waals surface area contributed by atoms with Crippen molar-refractivity contribution in [2.45, 2.75) is 19.9 Å². The van der Waals surface area contributed by atoms with Crippen molar-refractivity contribution >= 4 is 10.9 Å². The van der Waals surface area contributed by atoms with Crippen LogP contribution < -0.4 is 11.2 Å². The molecular formula is C10H11N3O2. The Morgan fingerprint density at radius 2 is 2.13 bits per heavy atom. The van der Waals surface area contributed by atoms with Crippen molar-refractivity contribution in [1.29, 1.82) is 0 Å². The minimum atomic E-state index is -0.381. The molecule has 0 aliphatic rings. The Kier molecular flexibility index (Phi) is 2.15. The van der Waals surface area contributed by atoms with E-state index in [0.29, 0.717) is 10.9 Å². The van der Waals surface area contributed by atoms with Crippen LogP contribution in [0.3, 0.4) is 0 Å². The van der Waals surface area contributed by atoms with Crippen LogP contribution in [0.25, 0.3) is 10.9 Å². The lowest BCUT2D eigenvalue weighted by Gasteiger charge is -2.08. The fourth-order valence-electron chi connectivity index (χ4n) is 1.54. The van der Waals surface area contributed by atoms with Crippen LogP contribution in [0.2, 0.25) is 0 Å². The van der Waals surface area contributed by atoms with Gasteiger partial charge in [0.25, 0.3) is 5.56 Å². The summed E-state index contributed by atoms with van der Waals surface area (Å²) in [6.45, 7) is 3.58. The Labute approximate surface area is 85.4 Å². The van der Waals surface area contributed by atoms with Gasteiger partial charge in [0.15, 0.2) is 0 Å². The van der Waals surface area contributed by atoms with Crippen LogP contribution in [0.4, 0.5) is 0 Å². The van der Waals surface area contributed by atoms with Crippen molar-refractivity contribution < 1.29 is 0 Å². The molecule has 2 rings (SSSR count). The van der Waals surface area contributed by atoms with E-state index in [4.69, 9.17) is 0 Å². The fourth-order valence-corrected chi connectivity index (χ4v) is 1.54. The molecule has 78 valence electrons. The first-order chi connectivity index (χ1) is 7.11. The van der Waals surface area contributed by atoms with E-state index in [-0.39, 0.29) is 17.3 Å². The molecule has 0 aliphatic carbocycles. The number of fused-ring (bicyclic) bond motifs is 1. The van der Waals surface area contributed by atoms with Crippen LogP contribution in [-0.4, -0.2) is 14.5 Å². The van der Waals surface area contributed by atoms with Gasteiger partial charge in [0.1, 0.15) is 0 Å². The second kappa shape index (κ2) is 3.34. The van der Waals surface area contributed by atoms with Gasteiger partial charge in [0.05, 0.1) is 10.9 Å². The third-order valence-electron chi connectivity index (χ3n) is 2.25. The normalized spacial score (nSPS) is 11.1. The first-order valence-electron chi connectivity index (χ1n) is 4.70. The van der Waals surface area contributed by atoms with Gasteiger partial charge in [0.2, 0.25) is 0 Å². The van der Waals surface area contributed by atoms with Crippen molar-refractivity contribution in [2.24, 2.45) is 0 Å². The molecule has 0 saturated heterocycles. The quantitative estimate of drug-likeness (QED) is 0.743. The molecule has 0 amide bonds. The van der Waals surface area contributed by atoms with E-state index in [1.165, 1.54) is 17.0 Å². The molecule has 0 saturated carbocycles. The molecule has 0 unspecified atom stereocenters. The van der Waals surface area contributed by atoms with Gasteiger partial charge in [-0.1, -0.05) is 0 Å². The van der Waals surface area contributed by atoms with E-state index < -0.39 is 0 Å². The van der Waals surface area contributed by atoms with Crippen molar-refractivity contribution in [1.82, 2.24) is 14.5 Å². The lowest BCUT2D eigenvalue weighted by molar-refractivity contribution is 0.552. The second-order valence-corrected chi connectivity index (χ2v) is 3.62. The average Bonchev–Trinajstić information content (AvgIpc) is 2.17. The third kappa shape index (κ3) is 1.45. The maximum atomic E-state index is 11.9. The van der Waals surface area contributed by atoms with Gasteiger partial charge in [-0.15, -0.1) is 0 Å². The van der Waals surface area contributed by atoms with Crippen molar-refractivity contribution in [3.8, 4) is 0 Å². The summed E-state index contributed by atoms with van der Waals surface area (Å²) < 4.78 is 1.18. The van der Waals surface area contributed by atoms with Gasteiger partial charge in [0, 0.05) is 18.4 Å². The van der Waals surface area contributed by atoms with Crippen LogP contribution in [0.1, 0.15) is 19.9 Å². The number of nitrogens with zero attached hydrogens (tertiary/aromatic N) is 2. The first-order valence-corrected chi connectivity index (χ1v) is 4.70. The largest absolute Gasteiger partial charge is 0.329 e. The summed E-state index contributed by atoms with van der Waals surface area (Å²) in [4.78, 5) is 30.0. The number of hydrogen-bond donors (Lipinski definition) is 1. The summed E-state index contributed by atoms with van der Waals surface area (Å²) in [5.41, 5.74) is -0.151. The molecule has 15 heavy (non-hydrogen) atoms. The Hall–Kier alpha value is -1.91. The highest BCUT2D eigenvalue weighted by atomic mass is 16.2. The SMILES string of the molecule is CC(C)n1c(=O)[nH]c2ccncc2c1=O. The molecule has 0 fully saturated rings. The predicted octanol–water partition coefficient (Wildman–Crippen LogP) is 0.666. The van der Waals surface area contributed by atoms with Crippen LogP contribution in [0, 0.1) is 0 Å². The average molecular weight is 205 g/mol. The summed E-state index contributed by atoms with van der Waals surface area (Å²) >= 11 is 0. The molecule has 0 aromatic carbocycles. The molecule has 0 bridgehead atoms. The van der Waals surface area contributed by atoms with Crippen LogP contribution in [0.15, 0.2) is 28.0 Å². The maximum absolute atomic E-state index is 11.9. The number of aromatic amines is 1. The molecule has 2 aromatic rings. The van der Waals surface area contributed by atoms with Crippen LogP contribution >= 0.6 is 0 Å². The Bertz CT molecular complexity index is 610. The van der Waals surface area contributed by atoms with Gasteiger partial charge < -0.3 is 4.98 Å². The molecule has 0 atom stereocenters. The van der Waals surface area contributed by atoms with E-state index in [1.807, 2.05) is 0 Å². The van der Waals surface area contributed by atoms with Gasteiger partial charge in [-0.05, 0) is 19.9 Å². The van der Waals surface area contributed by atoms with Crippen molar-refractivity contribution in [2.75, 3.05) is 0 Å². The molecule has 1 N–H and O–H groups in total. The number of H-pyrrole nitrogens is 1. The van der Waals surface area contributed by atoms with Crippen LogP contribution in [-0.2, 0) is 0 Å². The number of hydrogen-bond acceptors (Lipinski definition) is 3. The Morgan fingerprint density at radius 1 is 1.40 bits per heavy atom. The highest BCUT2D eigenvalue weighted by Gasteiger charge is 2.09. The minimum Gasteiger partial charge on any atom is -0.307 e. The standard InChI is InChI=1S/C10H11N3O2/c1-6(2)13-9(14)7-5-11-4-3-8(7)12-10(13)15/h3-6H,1-2H3,(H,12,15). The molecule has 2 aromatic heterocycles. The van der Waals surface area contributed by atoms with E-state index in [0.717, 1.165) is 0 Å². The molecular weight excluding hydrogens is 194 g/mol. The molecule has 0 spiro atoms. The highest BCUT2D eigenvalue weighted by molar-refractivity contribution is 5.75. The molecule has 2 heterocycles. The monoisotopic (exact) mass is 205 g/mol. The zero-order valence-corrected chi connectivity index (χ0v) is 8.52. The maximum Gasteiger partial charge on any atom is 0.329 e. The molecule has 5 nitrogen and oxygen atoms in total. The zero-order chi connectivity index (χ0) is 11.0. The van der Waals surface area contributed by atoms with E-state index in [2.05, 4.69) is 9.97 Å². The molecule has 5 heteroatoms. The lowest BCUT2D eigenvalue weighted by atomic mass is 10.3. The van der Waals surface area contributed by atoms with Gasteiger partial charge in [-0.25, -0.2) is 4.79 Å². The summed E-state index contributed by atoms with van der Waals surface area (Å²) in [6, 6.07) is 1.45. The lowest BCUT2D eigenvalue weighted by Crippen LogP contribution is -2.36. The van der Waals surface area contributed by atoms with Gasteiger partial charge in [-0.2, -0.15) is 0 Å². The Morgan fingerprint density at radius 3 is 2.80 bits per heavy atom. The van der Waals surface area contributed by atoms with Crippen molar-refractivity contribution in [3.63, 3.8) is 0 Å². The summed E-state index contributed by atoms with van der Waals surface area (Å²) in [7, 11) is 0. The van der Waals surface area contributed by atoms with E-state index in [9.17, 15) is 9.59 Å². The molecule has 0 aliphatic heterocycles. The summed E-state index contributed by atoms with van der Waals surface area (Å²) in [5, 5.41) is 0.436. The zero-order valence-electron chi connectivity index (χ0n) is 8.52. The van der Waals surface area contributed by atoms with E-state index in [1.54, 1.807) is 19.9 Å². The fraction of sp³-hybridized carbons (Fsp3) is 0.300. The number of aromatic nitrogens is 3. The topological polar surface area (TPSA) is 67.8 Å².